The number of nitrogens with two attached hydrogens (primary N) is 1. The number of ether oxygens (including phenoxy) is 1. The van der Waals surface area contributed by atoms with Crippen LogP contribution >= 0.6 is 0 Å². The van der Waals surface area contributed by atoms with Crippen molar-refractivity contribution in [3.63, 3.8) is 0 Å². The van der Waals surface area contributed by atoms with E-state index in [1.165, 1.54) is 0 Å². The Balaban J connectivity index is 2.14. The van der Waals surface area contributed by atoms with Crippen LogP contribution in [0.3, 0.4) is 0 Å². The summed E-state index contributed by atoms with van der Waals surface area (Å²) in [5.74, 6) is 1.24. The van der Waals surface area contributed by atoms with Gasteiger partial charge in [-0.05, 0) is 40.1 Å². The molecule has 0 bridgehead atoms. The maximum atomic E-state index is 5.45. The van der Waals surface area contributed by atoms with Crippen molar-refractivity contribution in [2.24, 2.45) is 4.99 Å². The average Bonchev–Trinajstić information content (AvgIpc) is 2.73. The molecule has 6 heteroatoms. The number of hydrogen-bond acceptors (Lipinski definition) is 6. The number of aromatic nitrogens is 2. The lowest BCUT2D eigenvalue weighted by Gasteiger charge is -1.98. The molecule has 16 heavy (non-hydrogen) atoms. The average molecular weight is 218 g/mol. The van der Waals surface area contributed by atoms with Gasteiger partial charge in [0.05, 0.1) is 7.11 Å². The zero-order valence-electron chi connectivity index (χ0n) is 8.62. The number of methoxy groups -OCH3 is 1. The van der Waals surface area contributed by atoms with Gasteiger partial charge in [-0.1, -0.05) is 0 Å². The summed E-state index contributed by atoms with van der Waals surface area (Å²) >= 11 is 0. The molecular weight excluding hydrogens is 208 g/mol. The third kappa shape index (κ3) is 2.17. The molecule has 0 saturated carbocycles. The van der Waals surface area contributed by atoms with Crippen molar-refractivity contribution < 1.29 is 9.37 Å². The van der Waals surface area contributed by atoms with E-state index in [0.29, 0.717) is 0 Å². The summed E-state index contributed by atoms with van der Waals surface area (Å²) < 4.78 is 9.45. The standard InChI is InChI=1S/C10H10N4O2/c1-15-8-4-2-7(3-5-8)6-12-10-9(11)13-16-14-10/h2-6H,1H3,(H2,11,13). The molecule has 0 fully saturated rings. The molecule has 82 valence electrons. The summed E-state index contributed by atoms with van der Waals surface area (Å²) in [6.45, 7) is 0. The molecule has 2 N–H and O–H groups in total. The highest BCUT2D eigenvalue weighted by molar-refractivity contribution is 5.82. The van der Waals surface area contributed by atoms with Crippen LogP contribution in [0.25, 0.3) is 0 Å². The van der Waals surface area contributed by atoms with Gasteiger partial charge in [0.2, 0.25) is 11.6 Å². The molecule has 6 nitrogen and oxygen atoms in total. The molecule has 1 heterocycles. The van der Waals surface area contributed by atoms with E-state index in [0.717, 1.165) is 11.3 Å². The summed E-state index contributed by atoms with van der Waals surface area (Å²) in [5.41, 5.74) is 6.35. The minimum Gasteiger partial charge on any atom is -0.497 e. The Morgan fingerprint density at radius 3 is 2.62 bits per heavy atom. The summed E-state index contributed by atoms with van der Waals surface area (Å²) in [6, 6.07) is 7.41. The Morgan fingerprint density at radius 1 is 1.31 bits per heavy atom. The zero-order chi connectivity index (χ0) is 11.4. The molecule has 1 aromatic heterocycles. The Morgan fingerprint density at radius 2 is 2.06 bits per heavy atom. The van der Waals surface area contributed by atoms with Gasteiger partial charge >= 0.3 is 0 Å². The van der Waals surface area contributed by atoms with Crippen molar-refractivity contribution in [2.45, 2.75) is 0 Å². The Kier molecular flexibility index (Phi) is 2.81. The first-order valence-electron chi connectivity index (χ1n) is 4.56. The van der Waals surface area contributed by atoms with Gasteiger partial charge in [-0.15, -0.1) is 0 Å². The Labute approximate surface area is 91.7 Å². The van der Waals surface area contributed by atoms with E-state index >= 15 is 0 Å². The van der Waals surface area contributed by atoms with Gasteiger partial charge in [0.1, 0.15) is 5.75 Å². The van der Waals surface area contributed by atoms with Gasteiger partial charge in [-0.3, -0.25) is 0 Å². The van der Waals surface area contributed by atoms with Crippen LogP contribution in [-0.2, 0) is 0 Å². The topological polar surface area (TPSA) is 86.5 Å². The molecular formula is C10H10N4O2. The number of aliphatic imine (C=N–C) groups is 1. The smallest absolute Gasteiger partial charge is 0.240 e. The highest BCUT2D eigenvalue weighted by Gasteiger charge is 2.01. The molecule has 2 rings (SSSR count). The number of benzene rings is 1. The summed E-state index contributed by atoms with van der Waals surface area (Å²) in [5, 5.41) is 6.95. The molecule has 0 amide bonds. The molecule has 0 unspecified atom stereocenters. The predicted molar refractivity (Wildman–Crippen MR) is 59.0 cm³/mol. The number of rotatable bonds is 3. The fourth-order valence-electron chi connectivity index (χ4n) is 1.11. The third-order valence-corrected chi connectivity index (χ3v) is 1.95. The monoisotopic (exact) mass is 218 g/mol. The molecule has 0 aliphatic heterocycles. The van der Waals surface area contributed by atoms with Crippen molar-refractivity contribution >= 4 is 17.9 Å². The van der Waals surface area contributed by atoms with Crippen molar-refractivity contribution in [1.82, 2.24) is 10.3 Å². The minimum atomic E-state index is 0.171. The summed E-state index contributed by atoms with van der Waals surface area (Å²) in [7, 11) is 1.62. The van der Waals surface area contributed by atoms with Crippen LogP contribution in [0.5, 0.6) is 5.75 Å². The maximum absolute atomic E-state index is 5.45. The lowest BCUT2D eigenvalue weighted by molar-refractivity contribution is 0.310. The minimum absolute atomic E-state index is 0.171. The molecule has 0 aliphatic carbocycles. The van der Waals surface area contributed by atoms with Crippen molar-refractivity contribution in [2.75, 3.05) is 12.8 Å². The van der Waals surface area contributed by atoms with Crippen LogP contribution < -0.4 is 10.5 Å². The van der Waals surface area contributed by atoms with Gasteiger partial charge < -0.3 is 10.5 Å². The third-order valence-electron chi connectivity index (χ3n) is 1.95. The fourth-order valence-corrected chi connectivity index (χ4v) is 1.11. The van der Waals surface area contributed by atoms with E-state index in [2.05, 4.69) is 19.9 Å². The van der Waals surface area contributed by atoms with Gasteiger partial charge in [0, 0.05) is 6.21 Å². The second kappa shape index (κ2) is 4.43. The summed E-state index contributed by atoms with van der Waals surface area (Å²) in [6.07, 6.45) is 1.62. The van der Waals surface area contributed by atoms with Gasteiger partial charge in [0.15, 0.2) is 0 Å². The first-order valence-corrected chi connectivity index (χ1v) is 4.56. The lowest BCUT2D eigenvalue weighted by atomic mass is 10.2. The van der Waals surface area contributed by atoms with Crippen molar-refractivity contribution in [1.29, 1.82) is 0 Å². The fraction of sp³-hybridized carbons (Fsp3) is 0.100. The quantitative estimate of drug-likeness (QED) is 0.787. The normalized spacial score (nSPS) is 10.8. The van der Waals surface area contributed by atoms with Gasteiger partial charge in [0.25, 0.3) is 0 Å². The van der Waals surface area contributed by atoms with Crippen LogP contribution in [-0.4, -0.2) is 23.6 Å². The van der Waals surface area contributed by atoms with Crippen LogP contribution in [0.2, 0.25) is 0 Å². The van der Waals surface area contributed by atoms with E-state index in [-0.39, 0.29) is 11.6 Å². The van der Waals surface area contributed by atoms with Crippen molar-refractivity contribution in [3.05, 3.63) is 29.8 Å². The highest BCUT2D eigenvalue weighted by Crippen LogP contribution is 2.15. The number of nitrogen functional groups attached to an aromatic ring is 1. The molecule has 2 aromatic rings. The van der Waals surface area contributed by atoms with Crippen LogP contribution in [0.4, 0.5) is 11.6 Å². The number of anilines is 1. The lowest BCUT2D eigenvalue weighted by Crippen LogP contribution is -1.86. The maximum Gasteiger partial charge on any atom is 0.240 e. The predicted octanol–water partition coefficient (Wildman–Crippen LogP) is 1.41. The van der Waals surface area contributed by atoms with Crippen LogP contribution in [0.15, 0.2) is 33.9 Å². The molecule has 1 aromatic carbocycles. The largest absolute Gasteiger partial charge is 0.497 e. The second-order valence-electron chi connectivity index (χ2n) is 3.00. The molecule has 0 radical (unpaired) electrons. The first kappa shape index (κ1) is 10.2. The molecule has 0 spiro atoms. The van der Waals surface area contributed by atoms with Crippen LogP contribution in [0, 0.1) is 0 Å². The van der Waals surface area contributed by atoms with Crippen molar-refractivity contribution in [3.8, 4) is 5.75 Å². The van der Waals surface area contributed by atoms with Gasteiger partial charge in [-0.25, -0.2) is 9.62 Å². The van der Waals surface area contributed by atoms with E-state index < -0.39 is 0 Å². The number of hydrogen-bond donors (Lipinski definition) is 1. The molecule has 0 aliphatic rings. The van der Waals surface area contributed by atoms with E-state index in [1.807, 2.05) is 24.3 Å². The number of nitrogens with zero attached hydrogens (tertiary/aromatic N) is 3. The SMILES string of the molecule is COc1ccc(C=Nc2nonc2N)cc1. The molecule has 0 atom stereocenters. The zero-order valence-corrected chi connectivity index (χ0v) is 8.62. The Bertz CT molecular complexity index is 490. The Hall–Kier alpha value is -2.37. The molecule has 0 saturated heterocycles. The second-order valence-corrected chi connectivity index (χ2v) is 3.00. The highest BCUT2D eigenvalue weighted by atomic mass is 16.6. The van der Waals surface area contributed by atoms with E-state index in [9.17, 15) is 0 Å². The first-order chi connectivity index (χ1) is 7.79. The summed E-state index contributed by atoms with van der Waals surface area (Å²) in [4.78, 5) is 4.03. The van der Waals surface area contributed by atoms with Crippen LogP contribution in [0.1, 0.15) is 5.56 Å². The van der Waals surface area contributed by atoms with E-state index in [4.69, 9.17) is 10.5 Å². The van der Waals surface area contributed by atoms with E-state index in [1.54, 1.807) is 13.3 Å². The van der Waals surface area contributed by atoms with Gasteiger partial charge in [-0.2, -0.15) is 0 Å².